The number of amides is 1. The molecule has 1 N–H and O–H groups in total. The zero-order chi connectivity index (χ0) is 16.3. The summed E-state index contributed by atoms with van der Waals surface area (Å²) < 4.78 is 0. The molecule has 1 amide bonds. The second kappa shape index (κ2) is 4.63. The third-order valence-corrected chi connectivity index (χ3v) is 5.40. The van der Waals surface area contributed by atoms with Crippen LogP contribution in [-0.4, -0.2) is 15.9 Å². The highest BCUT2D eigenvalue weighted by Crippen LogP contribution is 2.47. The number of rotatable bonds is 1. The first-order valence-electron chi connectivity index (χ1n) is 8.38. The van der Waals surface area contributed by atoms with E-state index in [4.69, 9.17) is 4.98 Å². The molecule has 0 saturated carbocycles. The van der Waals surface area contributed by atoms with E-state index >= 15 is 0 Å². The van der Waals surface area contributed by atoms with E-state index in [0.29, 0.717) is 5.82 Å². The standard InChI is InChI=1S/C20H17N3O/c1-2-15-6-5-12-8-13-10-20(11-14(13)9-17(12)22-15)16-4-3-7-21-18(16)23-19(20)24/h3-9H,2,10-11H2,1H3,(H,21,23,24)/t20-/m0/s1. The maximum Gasteiger partial charge on any atom is 0.237 e. The van der Waals surface area contributed by atoms with Gasteiger partial charge in [-0.1, -0.05) is 19.1 Å². The summed E-state index contributed by atoms with van der Waals surface area (Å²) in [7, 11) is 0. The van der Waals surface area contributed by atoms with Crippen LogP contribution < -0.4 is 5.32 Å². The summed E-state index contributed by atoms with van der Waals surface area (Å²) in [6.07, 6.45) is 4.11. The SMILES string of the molecule is CCc1ccc2cc3c(cc2n1)C[C@]1(C3)C(=O)Nc2ncccc21. The molecular formula is C20H17N3O. The summed E-state index contributed by atoms with van der Waals surface area (Å²) in [6, 6.07) is 12.5. The van der Waals surface area contributed by atoms with E-state index in [1.807, 2.05) is 12.1 Å². The molecule has 0 fully saturated rings. The highest BCUT2D eigenvalue weighted by atomic mass is 16.2. The fourth-order valence-electron chi connectivity index (χ4n) is 4.13. The first-order chi connectivity index (χ1) is 11.7. The van der Waals surface area contributed by atoms with Gasteiger partial charge in [-0.25, -0.2) is 4.98 Å². The number of fused-ring (bicyclic) bond motifs is 4. The Morgan fingerprint density at radius 3 is 2.83 bits per heavy atom. The summed E-state index contributed by atoms with van der Waals surface area (Å²) in [5, 5.41) is 4.11. The van der Waals surface area contributed by atoms with Gasteiger partial charge in [-0.15, -0.1) is 0 Å². The second-order valence-corrected chi connectivity index (χ2v) is 6.76. The van der Waals surface area contributed by atoms with Crippen LogP contribution in [0.15, 0.2) is 42.6 Å². The molecule has 24 heavy (non-hydrogen) atoms. The zero-order valence-corrected chi connectivity index (χ0v) is 13.5. The lowest BCUT2D eigenvalue weighted by Crippen LogP contribution is -2.35. The summed E-state index contributed by atoms with van der Waals surface area (Å²) in [6.45, 7) is 2.11. The van der Waals surface area contributed by atoms with Crippen molar-refractivity contribution in [1.82, 2.24) is 9.97 Å². The number of nitrogens with one attached hydrogen (secondary N) is 1. The van der Waals surface area contributed by atoms with Gasteiger partial charge in [0.05, 0.1) is 10.9 Å². The monoisotopic (exact) mass is 315 g/mol. The Kier molecular flexibility index (Phi) is 2.64. The second-order valence-electron chi connectivity index (χ2n) is 6.76. The number of carbonyl (C=O) groups excluding carboxylic acids is 1. The van der Waals surface area contributed by atoms with E-state index in [2.05, 4.69) is 41.5 Å². The van der Waals surface area contributed by atoms with Gasteiger partial charge in [-0.2, -0.15) is 0 Å². The number of hydrogen-bond acceptors (Lipinski definition) is 3. The predicted octanol–water partition coefficient (Wildman–Crippen LogP) is 3.18. The molecule has 4 heteroatoms. The van der Waals surface area contributed by atoms with Crippen molar-refractivity contribution in [3.05, 3.63) is 65.0 Å². The quantitative estimate of drug-likeness (QED) is 0.750. The number of nitrogens with zero attached hydrogens (tertiary/aromatic N) is 2. The summed E-state index contributed by atoms with van der Waals surface area (Å²) >= 11 is 0. The molecule has 0 unspecified atom stereocenters. The molecule has 3 aromatic rings. The fourth-order valence-corrected chi connectivity index (χ4v) is 4.13. The number of aryl methyl sites for hydroxylation is 1. The minimum atomic E-state index is -0.503. The summed E-state index contributed by atoms with van der Waals surface area (Å²) in [5.74, 6) is 0.782. The van der Waals surface area contributed by atoms with Crippen molar-refractivity contribution >= 4 is 22.6 Å². The predicted molar refractivity (Wildman–Crippen MR) is 93.1 cm³/mol. The molecule has 1 aliphatic heterocycles. The van der Waals surface area contributed by atoms with Crippen molar-refractivity contribution < 1.29 is 4.79 Å². The van der Waals surface area contributed by atoms with E-state index in [9.17, 15) is 4.79 Å². The van der Waals surface area contributed by atoms with E-state index in [1.165, 1.54) is 11.1 Å². The maximum absolute atomic E-state index is 12.8. The van der Waals surface area contributed by atoms with E-state index < -0.39 is 5.41 Å². The molecule has 2 aromatic heterocycles. The van der Waals surface area contributed by atoms with Gasteiger partial charge in [0.2, 0.25) is 5.91 Å². The van der Waals surface area contributed by atoms with Gasteiger partial charge < -0.3 is 5.32 Å². The molecular weight excluding hydrogens is 298 g/mol. The smallest absolute Gasteiger partial charge is 0.237 e. The van der Waals surface area contributed by atoms with Crippen LogP contribution in [-0.2, 0) is 29.5 Å². The van der Waals surface area contributed by atoms with Crippen LogP contribution >= 0.6 is 0 Å². The molecule has 3 heterocycles. The number of carbonyl (C=O) groups is 1. The largest absolute Gasteiger partial charge is 0.310 e. The zero-order valence-electron chi connectivity index (χ0n) is 13.5. The summed E-state index contributed by atoms with van der Waals surface area (Å²) in [5.41, 5.74) is 5.13. The highest BCUT2D eigenvalue weighted by Gasteiger charge is 2.51. The van der Waals surface area contributed by atoms with Gasteiger partial charge in [0.25, 0.3) is 0 Å². The number of hydrogen-bond donors (Lipinski definition) is 1. The van der Waals surface area contributed by atoms with Crippen molar-refractivity contribution in [1.29, 1.82) is 0 Å². The number of aromatic nitrogens is 2. The Balaban J connectivity index is 1.66. The maximum atomic E-state index is 12.8. The van der Waals surface area contributed by atoms with Crippen LogP contribution in [0.25, 0.3) is 10.9 Å². The van der Waals surface area contributed by atoms with Crippen LogP contribution in [0.2, 0.25) is 0 Å². The molecule has 1 aromatic carbocycles. The van der Waals surface area contributed by atoms with Crippen molar-refractivity contribution in [2.45, 2.75) is 31.6 Å². The van der Waals surface area contributed by atoms with Crippen LogP contribution in [0.1, 0.15) is 29.3 Å². The molecule has 118 valence electrons. The van der Waals surface area contributed by atoms with Gasteiger partial charge in [-0.3, -0.25) is 9.78 Å². The van der Waals surface area contributed by atoms with Gasteiger partial charge in [0, 0.05) is 22.8 Å². The van der Waals surface area contributed by atoms with Crippen LogP contribution in [0.4, 0.5) is 5.82 Å². The third kappa shape index (κ3) is 1.71. The fraction of sp³-hybridized carbons (Fsp3) is 0.250. The van der Waals surface area contributed by atoms with E-state index in [0.717, 1.165) is 41.4 Å². The molecule has 0 radical (unpaired) electrons. The molecule has 1 atom stereocenters. The molecule has 2 aliphatic rings. The van der Waals surface area contributed by atoms with Gasteiger partial charge in [-0.05, 0) is 54.7 Å². The first kappa shape index (κ1) is 13.7. The summed E-state index contributed by atoms with van der Waals surface area (Å²) in [4.78, 5) is 21.8. The average molecular weight is 315 g/mol. The van der Waals surface area contributed by atoms with Gasteiger partial charge in [0.15, 0.2) is 0 Å². The lowest BCUT2D eigenvalue weighted by molar-refractivity contribution is -0.120. The van der Waals surface area contributed by atoms with Crippen molar-refractivity contribution in [3.63, 3.8) is 0 Å². The highest BCUT2D eigenvalue weighted by molar-refractivity contribution is 6.06. The Morgan fingerprint density at radius 1 is 1.17 bits per heavy atom. The Bertz CT molecular complexity index is 1010. The number of benzene rings is 1. The van der Waals surface area contributed by atoms with E-state index in [1.54, 1.807) is 6.20 Å². The molecule has 0 saturated heterocycles. The molecule has 1 aliphatic carbocycles. The lowest BCUT2D eigenvalue weighted by Gasteiger charge is -2.20. The van der Waals surface area contributed by atoms with Crippen molar-refractivity contribution in [2.24, 2.45) is 0 Å². The van der Waals surface area contributed by atoms with Gasteiger partial charge >= 0.3 is 0 Å². The van der Waals surface area contributed by atoms with Gasteiger partial charge in [0.1, 0.15) is 5.82 Å². The number of pyridine rings is 2. The minimum Gasteiger partial charge on any atom is -0.310 e. The Morgan fingerprint density at radius 2 is 2.00 bits per heavy atom. The Hall–Kier alpha value is -2.75. The van der Waals surface area contributed by atoms with Crippen molar-refractivity contribution in [2.75, 3.05) is 5.32 Å². The van der Waals surface area contributed by atoms with Crippen molar-refractivity contribution in [3.8, 4) is 0 Å². The lowest BCUT2D eigenvalue weighted by atomic mass is 9.79. The normalized spacial score (nSPS) is 21.1. The Labute approximate surface area is 139 Å². The first-order valence-corrected chi connectivity index (χ1v) is 8.38. The van der Waals surface area contributed by atoms with Crippen LogP contribution in [0.3, 0.4) is 0 Å². The third-order valence-electron chi connectivity index (χ3n) is 5.40. The molecule has 5 rings (SSSR count). The molecule has 1 spiro atoms. The topological polar surface area (TPSA) is 54.9 Å². The van der Waals surface area contributed by atoms with Crippen LogP contribution in [0.5, 0.6) is 0 Å². The average Bonchev–Trinajstić information content (AvgIpc) is 3.10. The van der Waals surface area contributed by atoms with Crippen LogP contribution in [0, 0.1) is 0 Å². The molecule has 0 bridgehead atoms. The number of anilines is 1. The minimum absolute atomic E-state index is 0.0682. The molecule has 4 nitrogen and oxygen atoms in total. The van der Waals surface area contributed by atoms with E-state index in [-0.39, 0.29) is 5.91 Å².